The zero-order valence-electron chi connectivity index (χ0n) is 16.7. The number of allylic oxidation sites excluding steroid dienone is 1. The van der Waals surface area contributed by atoms with Gasteiger partial charge >= 0.3 is 0 Å². The third kappa shape index (κ3) is 2.19. The third-order valence-corrected chi connectivity index (χ3v) is 6.32. The molecule has 0 saturated heterocycles. The van der Waals surface area contributed by atoms with Crippen molar-refractivity contribution >= 4 is 11.9 Å². The Bertz CT molecular complexity index is 953. The molecule has 1 unspecified atom stereocenters. The zero-order valence-corrected chi connectivity index (χ0v) is 16.7. The fourth-order valence-corrected chi connectivity index (χ4v) is 5.08. The molecule has 2 aliphatic rings. The maximum atomic E-state index is 13.4. The topological polar surface area (TPSA) is 17.1 Å². The second kappa shape index (κ2) is 5.19. The van der Waals surface area contributed by atoms with Crippen LogP contribution in [-0.4, -0.2) is 5.78 Å². The number of ketones is 1. The van der Waals surface area contributed by atoms with Crippen LogP contribution >= 0.6 is 0 Å². The van der Waals surface area contributed by atoms with Crippen LogP contribution in [0.3, 0.4) is 0 Å². The van der Waals surface area contributed by atoms with Gasteiger partial charge in [-0.25, -0.2) is 0 Å². The number of hydrogen-bond acceptors (Lipinski definition) is 1. The number of carbonyl (C=O) groups excluding carboxylic acids is 1. The van der Waals surface area contributed by atoms with Gasteiger partial charge in [0.05, 0.1) is 5.41 Å². The summed E-state index contributed by atoms with van der Waals surface area (Å²) in [5.41, 5.74) is 7.07. The van der Waals surface area contributed by atoms with E-state index in [1.165, 1.54) is 33.4 Å². The second-order valence-corrected chi connectivity index (χ2v) is 9.72. The Balaban J connectivity index is 2.08. The summed E-state index contributed by atoms with van der Waals surface area (Å²) < 4.78 is 0. The van der Waals surface area contributed by atoms with E-state index in [9.17, 15) is 4.79 Å². The molecule has 0 N–H and O–H groups in total. The molecule has 0 saturated carbocycles. The van der Waals surface area contributed by atoms with Gasteiger partial charge in [-0.2, -0.15) is 0 Å². The third-order valence-electron chi connectivity index (χ3n) is 6.32. The van der Waals surface area contributed by atoms with Crippen molar-refractivity contribution in [2.75, 3.05) is 0 Å². The highest BCUT2D eigenvalue weighted by molar-refractivity contribution is 6.08. The van der Waals surface area contributed by atoms with Crippen molar-refractivity contribution in [2.24, 2.45) is 0 Å². The van der Waals surface area contributed by atoms with E-state index in [0.717, 1.165) is 6.42 Å². The number of fused-ring (bicyclic) bond motifs is 4. The molecule has 0 bridgehead atoms. The van der Waals surface area contributed by atoms with Crippen molar-refractivity contribution in [3.05, 3.63) is 75.9 Å². The lowest BCUT2D eigenvalue weighted by Crippen LogP contribution is -2.38. The van der Waals surface area contributed by atoms with E-state index in [1.54, 1.807) is 6.08 Å². The van der Waals surface area contributed by atoms with Crippen LogP contribution in [0.4, 0.5) is 0 Å². The Morgan fingerprint density at radius 3 is 2.35 bits per heavy atom. The maximum Gasteiger partial charge on any atom is 0.170 e. The van der Waals surface area contributed by atoms with Gasteiger partial charge < -0.3 is 0 Å². The molecule has 0 heterocycles. The standard InChI is InChI=1S/C25H28O/c1-16-13-18(23(2,3)4)14-20-22(16)25(15-24(20,5)6)19-10-8-7-9-17(19)11-12-21(25)26/h7-14H,15H2,1-6H3. The minimum atomic E-state index is -0.537. The molecule has 1 heteroatoms. The molecule has 0 radical (unpaired) electrons. The first-order valence-corrected chi connectivity index (χ1v) is 9.55. The molecule has 134 valence electrons. The molecule has 0 aliphatic heterocycles. The first kappa shape index (κ1) is 17.3. The largest absolute Gasteiger partial charge is 0.293 e. The summed E-state index contributed by atoms with van der Waals surface area (Å²) in [6.07, 6.45) is 4.61. The van der Waals surface area contributed by atoms with Gasteiger partial charge in [0.25, 0.3) is 0 Å². The molecule has 2 aromatic carbocycles. The van der Waals surface area contributed by atoms with Gasteiger partial charge in [0, 0.05) is 0 Å². The number of benzene rings is 2. The molecule has 1 atom stereocenters. The highest BCUT2D eigenvalue weighted by Gasteiger charge is 2.55. The molecular weight excluding hydrogens is 316 g/mol. The van der Waals surface area contributed by atoms with Crippen LogP contribution in [0.25, 0.3) is 6.08 Å². The SMILES string of the molecule is Cc1cc(C(C)(C)C)cc2c1C1(CC2(C)C)C(=O)C=Cc2ccccc21. The summed E-state index contributed by atoms with van der Waals surface area (Å²) >= 11 is 0. The van der Waals surface area contributed by atoms with Gasteiger partial charge in [-0.05, 0) is 63.6 Å². The van der Waals surface area contributed by atoms with Gasteiger partial charge in [0.15, 0.2) is 5.78 Å². The first-order chi connectivity index (χ1) is 12.1. The molecule has 0 aromatic heterocycles. The predicted octanol–water partition coefficient (Wildman–Crippen LogP) is 5.86. The summed E-state index contributed by atoms with van der Waals surface area (Å²) in [6, 6.07) is 13.1. The molecular formula is C25H28O. The fourth-order valence-electron chi connectivity index (χ4n) is 5.08. The Morgan fingerprint density at radius 2 is 1.65 bits per heavy atom. The monoisotopic (exact) mass is 344 g/mol. The van der Waals surface area contributed by atoms with Crippen LogP contribution in [0, 0.1) is 6.92 Å². The number of rotatable bonds is 0. The van der Waals surface area contributed by atoms with Crippen molar-refractivity contribution in [3.8, 4) is 0 Å². The van der Waals surface area contributed by atoms with Gasteiger partial charge in [-0.15, -0.1) is 0 Å². The van der Waals surface area contributed by atoms with Gasteiger partial charge in [-0.1, -0.05) is 77.1 Å². The van der Waals surface area contributed by atoms with Crippen molar-refractivity contribution in [3.63, 3.8) is 0 Å². The summed E-state index contributed by atoms with van der Waals surface area (Å²) in [5.74, 6) is 0.231. The van der Waals surface area contributed by atoms with Crippen LogP contribution in [0.5, 0.6) is 0 Å². The van der Waals surface area contributed by atoms with Crippen LogP contribution in [0.1, 0.15) is 74.4 Å². The Labute approximate surface area is 157 Å². The van der Waals surface area contributed by atoms with Crippen LogP contribution < -0.4 is 0 Å². The molecule has 1 spiro atoms. The molecule has 0 amide bonds. The van der Waals surface area contributed by atoms with E-state index in [-0.39, 0.29) is 16.6 Å². The highest BCUT2D eigenvalue weighted by atomic mass is 16.1. The summed E-state index contributed by atoms with van der Waals surface area (Å²) in [7, 11) is 0. The average molecular weight is 344 g/mol. The Kier molecular flexibility index (Phi) is 3.45. The number of carbonyl (C=O) groups is 1. The molecule has 2 aliphatic carbocycles. The van der Waals surface area contributed by atoms with Crippen LogP contribution in [-0.2, 0) is 21.0 Å². The lowest BCUT2D eigenvalue weighted by Gasteiger charge is -2.35. The molecule has 2 aromatic rings. The van der Waals surface area contributed by atoms with Crippen molar-refractivity contribution < 1.29 is 4.79 Å². The van der Waals surface area contributed by atoms with E-state index in [4.69, 9.17) is 0 Å². The normalized spacial score (nSPS) is 23.2. The first-order valence-electron chi connectivity index (χ1n) is 9.55. The fraction of sp³-hybridized carbons (Fsp3) is 0.400. The summed E-state index contributed by atoms with van der Waals surface area (Å²) in [6.45, 7) is 13.5. The van der Waals surface area contributed by atoms with Crippen molar-refractivity contribution in [1.29, 1.82) is 0 Å². The van der Waals surface area contributed by atoms with Crippen LogP contribution in [0.2, 0.25) is 0 Å². The molecule has 4 rings (SSSR count). The Morgan fingerprint density at radius 1 is 0.962 bits per heavy atom. The number of hydrogen-bond donors (Lipinski definition) is 0. The minimum Gasteiger partial charge on any atom is -0.293 e. The van der Waals surface area contributed by atoms with Crippen molar-refractivity contribution in [1.82, 2.24) is 0 Å². The quantitative estimate of drug-likeness (QED) is 0.585. The second-order valence-electron chi connectivity index (χ2n) is 9.72. The van der Waals surface area contributed by atoms with Gasteiger partial charge in [0.2, 0.25) is 0 Å². The lowest BCUT2D eigenvalue weighted by molar-refractivity contribution is -0.118. The highest BCUT2D eigenvalue weighted by Crippen LogP contribution is 2.57. The van der Waals surface area contributed by atoms with Crippen molar-refractivity contribution in [2.45, 2.75) is 64.2 Å². The number of aryl methyl sites for hydroxylation is 1. The minimum absolute atomic E-state index is 0.0324. The van der Waals surface area contributed by atoms with E-state index in [0.29, 0.717) is 0 Å². The van der Waals surface area contributed by atoms with Crippen LogP contribution in [0.15, 0.2) is 42.5 Å². The van der Waals surface area contributed by atoms with E-state index in [1.807, 2.05) is 6.08 Å². The smallest absolute Gasteiger partial charge is 0.170 e. The molecule has 26 heavy (non-hydrogen) atoms. The summed E-state index contributed by atoms with van der Waals surface area (Å²) in [4.78, 5) is 13.4. The van der Waals surface area contributed by atoms with E-state index < -0.39 is 5.41 Å². The summed E-state index contributed by atoms with van der Waals surface area (Å²) in [5, 5.41) is 0. The zero-order chi connectivity index (χ0) is 18.9. The molecule has 0 fully saturated rings. The molecule has 1 nitrogen and oxygen atoms in total. The lowest BCUT2D eigenvalue weighted by atomic mass is 9.66. The van der Waals surface area contributed by atoms with E-state index >= 15 is 0 Å². The van der Waals surface area contributed by atoms with Gasteiger partial charge in [-0.3, -0.25) is 4.79 Å². The predicted molar refractivity (Wildman–Crippen MR) is 109 cm³/mol. The maximum absolute atomic E-state index is 13.4. The van der Waals surface area contributed by atoms with Gasteiger partial charge in [0.1, 0.15) is 0 Å². The van der Waals surface area contributed by atoms with E-state index in [2.05, 4.69) is 77.9 Å². The average Bonchev–Trinajstić information content (AvgIpc) is 2.80. The Hall–Kier alpha value is -2.15.